The van der Waals surface area contributed by atoms with Gasteiger partial charge in [-0.15, -0.1) is 0 Å². The highest BCUT2D eigenvalue weighted by Gasteiger charge is 2.33. The summed E-state index contributed by atoms with van der Waals surface area (Å²) >= 11 is 0. The molecule has 1 fully saturated rings. The minimum Gasteiger partial charge on any atom is -0.380 e. The van der Waals surface area contributed by atoms with Gasteiger partial charge in [-0.25, -0.2) is 0 Å². The Bertz CT molecular complexity index is 161. The Hall–Kier alpha value is -0.120. The molecule has 0 aliphatic carbocycles. The zero-order chi connectivity index (χ0) is 10.6. The molecule has 0 aromatic carbocycles. The Morgan fingerprint density at radius 3 is 2.50 bits per heavy atom. The lowest BCUT2D eigenvalue weighted by Gasteiger charge is -2.45. The van der Waals surface area contributed by atoms with Crippen LogP contribution >= 0.6 is 0 Å². The predicted octanol–water partition coefficient (Wildman–Crippen LogP) is 1.08. The van der Waals surface area contributed by atoms with Crippen molar-refractivity contribution in [3.63, 3.8) is 0 Å². The molecule has 84 valence electrons. The summed E-state index contributed by atoms with van der Waals surface area (Å²) in [7, 11) is 0. The van der Waals surface area contributed by atoms with Crippen molar-refractivity contribution in [1.82, 2.24) is 4.90 Å². The summed E-state index contributed by atoms with van der Waals surface area (Å²) in [6, 6.07) is 0. The molecule has 2 N–H and O–H groups in total. The first-order valence-corrected chi connectivity index (χ1v) is 5.58. The molecule has 0 saturated carbocycles. The molecular weight excluding hydrogens is 176 g/mol. The molecule has 0 aromatic heterocycles. The van der Waals surface area contributed by atoms with Crippen LogP contribution in [0.3, 0.4) is 0 Å². The van der Waals surface area contributed by atoms with Crippen LogP contribution in [0.2, 0.25) is 0 Å². The van der Waals surface area contributed by atoms with E-state index >= 15 is 0 Å². The highest BCUT2D eigenvalue weighted by Crippen LogP contribution is 2.15. The van der Waals surface area contributed by atoms with E-state index in [0.29, 0.717) is 0 Å². The van der Waals surface area contributed by atoms with Crippen LogP contribution in [-0.4, -0.2) is 43.3 Å². The third kappa shape index (κ3) is 4.40. The molecule has 3 heteroatoms. The molecule has 3 nitrogen and oxygen atoms in total. The number of ether oxygens (including phenoxy) is 1. The highest BCUT2D eigenvalue weighted by molar-refractivity contribution is 4.95. The van der Waals surface area contributed by atoms with Crippen molar-refractivity contribution in [2.45, 2.75) is 32.7 Å². The van der Waals surface area contributed by atoms with Crippen molar-refractivity contribution < 1.29 is 4.74 Å². The SMILES string of the molecule is CC(C)CCOCCN1CC(C)(N)C1. The van der Waals surface area contributed by atoms with E-state index in [1.54, 1.807) is 0 Å². The summed E-state index contributed by atoms with van der Waals surface area (Å²) in [4.78, 5) is 2.34. The fraction of sp³-hybridized carbons (Fsp3) is 1.00. The van der Waals surface area contributed by atoms with Gasteiger partial charge in [0.05, 0.1) is 6.61 Å². The van der Waals surface area contributed by atoms with E-state index in [9.17, 15) is 0 Å². The van der Waals surface area contributed by atoms with Gasteiger partial charge in [0.1, 0.15) is 0 Å². The molecule has 0 amide bonds. The second-order valence-corrected chi connectivity index (χ2v) is 5.16. The summed E-state index contributed by atoms with van der Waals surface area (Å²) in [5.41, 5.74) is 5.95. The number of nitrogens with zero attached hydrogens (tertiary/aromatic N) is 1. The fourth-order valence-electron chi connectivity index (χ4n) is 1.75. The Balaban J connectivity index is 1.86. The van der Waals surface area contributed by atoms with Crippen molar-refractivity contribution in [1.29, 1.82) is 0 Å². The van der Waals surface area contributed by atoms with E-state index in [1.807, 2.05) is 0 Å². The molecule has 0 radical (unpaired) electrons. The minimum atomic E-state index is 0.0535. The third-order valence-electron chi connectivity index (χ3n) is 2.56. The van der Waals surface area contributed by atoms with Crippen molar-refractivity contribution in [2.24, 2.45) is 11.7 Å². The van der Waals surface area contributed by atoms with Crippen LogP contribution in [-0.2, 0) is 4.74 Å². The topological polar surface area (TPSA) is 38.5 Å². The zero-order valence-corrected chi connectivity index (χ0v) is 9.75. The van der Waals surface area contributed by atoms with Gasteiger partial charge in [0, 0.05) is 31.8 Å². The number of likely N-dealkylation sites (tertiary alicyclic amines) is 1. The molecule has 14 heavy (non-hydrogen) atoms. The summed E-state index contributed by atoms with van der Waals surface area (Å²) in [5, 5.41) is 0. The van der Waals surface area contributed by atoms with Crippen LogP contribution in [0.1, 0.15) is 27.2 Å². The average Bonchev–Trinajstić information content (AvgIpc) is 1.99. The normalized spacial score (nSPS) is 21.2. The van der Waals surface area contributed by atoms with Crippen LogP contribution in [0, 0.1) is 5.92 Å². The lowest BCUT2D eigenvalue weighted by Crippen LogP contribution is -2.65. The second kappa shape index (κ2) is 5.10. The number of nitrogens with two attached hydrogens (primary N) is 1. The summed E-state index contributed by atoms with van der Waals surface area (Å²) in [6.45, 7) is 11.3. The standard InChI is InChI=1S/C11H24N2O/c1-10(2)4-6-14-7-5-13-8-11(3,12)9-13/h10H,4-9,12H2,1-3H3. The molecule has 0 spiro atoms. The van der Waals surface area contributed by atoms with Gasteiger partial charge in [0.15, 0.2) is 0 Å². The minimum absolute atomic E-state index is 0.0535. The van der Waals surface area contributed by atoms with Gasteiger partial charge in [-0.05, 0) is 19.3 Å². The van der Waals surface area contributed by atoms with E-state index in [0.717, 1.165) is 45.2 Å². The van der Waals surface area contributed by atoms with E-state index in [4.69, 9.17) is 10.5 Å². The van der Waals surface area contributed by atoms with Crippen molar-refractivity contribution >= 4 is 0 Å². The Morgan fingerprint density at radius 1 is 1.36 bits per heavy atom. The van der Waals surface area contributed by atoms with E-state index < -0.39 is 0 Å². The van der Waals surface area contributed by atoms with Crippen LogP contribution < -0.4 is 5.73 Å². The molecule has 1 aliphatic heterocycles. The van der Waals surface area contributed by atoms with Crippen LogP contribution in [0.25, 0.3) is 0 Å². The largest absolute Gasteiger partial charge is 0.380 e. The van der Waals surface area contributed by atoms with Crippen molar-refractivity contribution in [2.75, 3.05) is 32.8 Å². The quantitative estimate of drug-likeness (QED) is 0.652. The van der Waals surface area contributed by atoms with Crippen LogP contribution in [0.15, 0.2) is 0 Å². The van der Waals surface area contributed by atoms with Gasteiger partial charge in [-0.2, -0.15) is 0 Å². The monoisotopic (exact) mass is 200 g/mol. The first-order valence-electron chi connectivity index (χ1n) is 5.58. The van der Waals surface area contributed by atoms with E-state index in [-0.39, 0.29) is 5.54 Å². The van der Waals surface area contributed by atoms with Gasteiger partial charge >= 0.3 is 0 Å². The molecule has 1 saturated heterocycles. The van der Waals surface area contributed by atoms with Gasteiger partial charge in [-0.1, -0.05) is 13.8 Å². The molecule has 0 bridgehead atoms. The second-order valence-electron chi connectivity index (χ2n) is 5.16. The lowest BCUT2D eigenvalue weighted by molar-refractivity contribution is 0.0373. The molecule has 0 atom stereocenters. The highest BCUT2D eigenvalue weighted by atomic mass is 16.5. The number of hydrogen-bond donors (Lipinski definition) is 1. The Morgan fingerprint density at radius 2 is 2.00 bits per heavy atom. The van der Waals surface area contributed by atoms with Crippen LogP contribution in [0.5, 0.6) is 0 Å². The van der Waals surface area contributed by atoms with Gasteiger partial charge in [-0.3, -0.25) is 4.90 Å². The molecule has 0 aromatic rings. The first kappa shape index (κ1) is 12.0. The lowest BCUT2D eigenvalue weighted by atomic mass is 9.94. The molecule has 1 aliphatic rings. The van der Waals surface area contributed by atoms with Gasteiger partial charge < -0.3 is 10.5 Å². The molecule has 1 rings (SSSR count). The third-order valence-corrected chi connectivity index (χ3v) is 2.56. The van der Waals surface area contributed by atoms with Crippen molar-refractivity contribution in [3.8, 4) is 0 Å². The smallest absolute Gasteiger partial charge is 0.0593 e. The number of hydrogen-bond acceptors (Lipinski definition) is 3. The Kier molecular flexibility index (Phi) is 4.35. The van der Waals surface area contributed by atoms with E-state index in [2.05, 4.69) is 25.7 Å². The summed E-state index contributed by atoms with van der Waals surface area (Å²) in [6.07, 6.45) is 1.16. The summed E-state index contributed by atoms with van der Waals surface area (Å²) < 4.78 is 5.54. The molecule has 1 heterocycles. The maximum absolute atomic E-state index is 5.90. The molecular formula is C11H24N2O. The average molecular weight is 200 g/mol. The molecule has 0 unspecified atom stereocenters. The maximum atomic E-state index is 5.90. The maximum Gasteiger partial charge on any atom is 0.0593 e. The zero-order valence-electron chi connectivity index (χ0n) is 9.75. The first-order chi connectivity index (χ1) is 6.49. The number of rotatable bonds is 6. The predicted molar refractivity (Wildman–Crippen MR) is 59.3 cm³/mol. The Labute approximate surface area is 87.6 Å². The summed E-state index contributed by atoms with van der Waals surface area (Å²) in [5.74, 6) is 0.742. The van der Waals surface area contributed by atoms with Gasteiger partial charge in [0.2, 0.25) is 0 Å². The van der Waals surface area contributed by atoms with E-state index in [1.165, 1.54) is 0 Å². The van der Waals surface area contributed by atoms with Gasteiger partial charge in [0.25, 0.3) is 0 Å². The van der Waals surface area contributed by atoms with Crippen LogP contribution in [0.4, 0.5) is 0 Å². The fourth-order valence-corrected chi connectivity index (χ4v) is 1.75. The van der Waals surface area contributed by atoms with Crippen molar-refractivity contribution in [3.05, 3.63) is 0 Å².